The SMILES string of the molecule is C#CC(C)c1cc(NC(=O)OC(C)(C)C)c(O)c(OC)c1. The Morgan fingerprint density at radius 3 is 2.52 bits per heavy atom. The van der Waals surface area contributed by atoms with Crippen LogP contribution >= 0.6 is 0 Å². The van der Waals surface area contributed by atoms with Crippen LogP contribution in [0, 0.1) is 12.3 Å². The van der Waals surface area contributed by atoms with E-state index in [0.717, 1.165) is 5.56 Å². The van der Waals surface area contributed by atoms with Crippen LogP contribution in [-0.2, 0) is 4.74 Å². The number of amides is 1. The molecule has 114 valence electrons. The fourth-order valence-electron chi connectivity index (χ4n) is 1.64. The highest BCUT2D eigenvalue weighted by Gasteiger charge is 2.19. The standard InChI is InChI=1S/C16H21NO4/c1-7-10(2)11-8-12(14(18)13(9-11)20-6)17-15(19)21-16(3,4)5/h1,8-10,18H,2-6H3,(H,17,19). The molecule has 5 nitrogen and oxygen atoms in total. The second-order valence-electron chi connectivity index (χ2n) is 5.63. The molecule has 21 heavy (non-hydrogen) atoms. The van der Waals surface area contributed by atoms with Gasteiger partial charge in [0.15, 0.2) is 11.5 Å². The first-order valence-electron chi connectivity index (χ1n) is 6.55. The highest BCUT2D eigenvalue weighted by atomic mass is 16.6. The van der Waals surface area contributed by atoms with Crippen molar-refractivity contribution in [2.75, 3.05) is 12.4 Å². The molecule has 5 heteroatoms. The lowest BCUT2D eigenvalue weighted by molar-refractivity contribution is 0.0635. The number of phenolic OH excluding ortho intramolecular Hbond substituents is 1. The second-order valence-corrected chi connectivity index (χ2v) is 5.63. The molecule has 1 aromatic rings. The maximum atomic E-state index is 11.8. The summed E-state index contributed by atoms with van der Waals surface area (Å²) in [5.74, 6) is 2.47. The quantitative estimate of drug-likeness (QED) is 0.661. The van der Waals surface area contributed by atoms with Crippen LogP contribution in [0.25, 0.3) is 0 Å². The van der Waals surface area contributed by atoms with E-state index >= 15 is 0 Å². The van der Waals surface area contributed by atoms with E-state index in [2.05, 4.69) is 11.2 Å². The first kappa shape index (κ1) is 16.7. The Morgan fingerprint density at radius 1 is 1.43 bits per heavy atom. The van der Waals surface area contributed by atoms with E-state index in [0.29, 0.717) is 0 Å². The van der Waals surface area contributed by atoms with Crippen LogP contribution in [0.3, 0.4) is 0 Å². The van der Waals surface area contributed by atoms with Gasteiger partial charge in [-0.15, -0.1) is 6.42 Å². The van der Waals surface area contributed by atoms with Crippen molar-refractivity contribution in [2.45, 2.75) is 39.2 Å². The zero-order chi connectivity index (χ0) is 16.2. The molecule has 0 radical (unpaired) electrons. The minimum atomic E-state index is -0.662. The molecule has 1 amide bonds. The molecule has 2 N–H and O–H groups in total. The molecule has 0 spiro atoms. The predicted molar refractivity (Wildman–Crippen MR) is 81.8 cm³/mol. The number of methoxy groups -OCH3 is 1. The summed E-state index contributed by atoms with van der Waals surface area (Å²) < 4.78 is 10.2. The molecule has 1 unspecified atom stereocenters. The van der Waals surface area contributed by atoms with Gasteiger partial charge in [-0.25, -0.2) is 4.79 Å². The maximum absolute atomic E-state index is 11.8. The van der Waals surface area contributed by atoms with Gasteiger partial charge in [0, 0.05) is 5.92 Å². The van der Waals surface area contributed by atoms with Crippen molar-refractivity contribution in [3.05, 3.63) is 17.7 Å². The number of hydrogen-bond acceptors (Lipinski definition) is 4. The zero-order valence-electron chi connectivity index (χ0n) is 13.0. The minimum Gasteiger partial charge on any atom is -0.503 e. The fraction of sp³-hybridized carbons (Fsp3) is 0.438. The van der Waals surface area contributed by atoms with Gasteiger partial charge in [0.1, 0.15) is 5.60 Å². The van der Waals surface area contributed by atoms with Crippen molar-refractivity contribution in [2.24, 2.45) is 0 Å². The van der Waals surface area contributed by atoms with Gasteiger partial charge in [0.05, 0.1) is 12.8 Å². The summed E-state index contributed by atoms with van der Waals surface area (Å²) in [6.45, 7) is 7.10. The smallest absolute Gasteiger partial charge is 0.412 e. The Kier molecular flexibility index (Phi) is 5.09. The van der Waals surface area contributed by atoms with Crippen molar-refractivity contribution in [3.8, 4) is 23.8 Å². The predicted octanol–water partition coefficient (Wildman–Crippen LogP) is 3.48. The molecule has 0 saturated carbocycles. The highest BCUT2D eigenvalue weighted by Crippen LogP contribution is 2.37. The first-order valence-corrected chi connectivity index (χ1v) is 6.55. The fourth-order valence-corrected chi connectivity index (χ4v) is 1.64. The Labute approximate surface area is 125 Å². The third kappa shape index (κ3) is 4.60. The molecule has 0 aromatic heterocycles. The molecule has 1 aromatic carbocycles. The molecular formula is C16H21NO4. The molecule has 0 aliphatic carbocycles. The molecule has 0 heterocycles. The van der Waals surface area contributed by atoms with E-state index in [1.54, 1.807) is 32.9 Å². The largest absolute Gasteiger partial charge is 0.503 e. The normalized spacial score (nSPS) is 12.2. The van der Waals surface area contributed by atoms with Gasteiger partial charge in [-0.3, -0.25) is 5.32 Å². The monoisotopic (exact) mass is 291 g/mol. The van der Waals surface area contributed by atoms with E-state index in [4.69, 9.17) is 15.9 Å². The van der Waals surface area contributed by atoms with Crippen LogP contribution in [-0.4, -0.2) is 23.9 Å². The summed E-state index contributed by atoms with van der Waals surface area (Å²) in [6, 6.07) is 3.24. The summed E-state index contributed by atoms with van der Waals surface area (Å²) >= 11 is 0. The van der Waals surface area contributed by atoms with Crippen molar-refractivity contribution in [1.29, 1.82) is 0 Å². The van der Waals surface area contributed by atoms with E-state index in [1.165, 1.54) is 7.11 Å². The van der Waals surface area contributed by atoms with Crippen LogP contribution < -0.4 is 10.1 Å². The number of benzene rings is 1. The molecule has 0 aliphatic heterocycles. The average molecular weight is 291 g/mol. The molecular weight excluding hydrogens is 270 g/mol. The Morgan fingerprint density at radius 2 is 2.05 bits per heavy atom. The van der Waals surface area contributed by atoms with Gasteiger partial charge in [-0.1, -0.05) is 5.92 Å². The number of aromatic hydroxyl groups is 1. The lowest BCUT2D eigenvalue weighted by Gasteiger charge is -2.20. The number of carbonyl (C=O) groups excluding carboxylic acids is 1. The number of phenols is 1. The molecule has 0 bridgehead atoms. The van der Waals surface area contributed by atoms with Gasteiger partial charge in [-0.05, 0) is 45.4 Å². The number of nitrogens with one attached hydrogen (secondary N) is 1. The van der Waals surface area contributed by atoms with Gasteiger partial charge >= 0.3 is 6.09 Å². The third-order valence-corrected chi connectivity index (χ3v) is 2.70. The van der Waals surface area contributed by atoms with Crippen LogP contribution in [0.15, 0.2) is 12.1 Å². The summed E-state index contributed by atoms with van der Waals surface area (Å²) in [5.41, 5.74) is 0.312. The van der Waals surface area contributed by atoms with E-state index in [-0.39, 0.29) is 23.1 Å². The third-order valence-electron chi connectivity index (χ3n) is 2.70. The molecule has 1 atom stereocenters. The molecule has 0 aliphatic rings. The minimum absolute atomic E-state index is 0.170. The highest BCUT2D eigenvalue weighted by molar-refractivity contribution is 5.88. The molecule has 1 rings (SSSR count). The Bertz CT molecular complexity index is 567. The number of carbonyl (C=O) groups is 1. The molecule has 0 fully saturated rings. The van der Waals surface area contributed by atoms with Gasteiger partial charge in [0.2, 0.25) is 0 Å². The van der Waals surface area contributed by atoms with Crippen LogP contribution in [0.4, 0.5) is 10.5 Å². The van der Waals surface area contributed by atoms with Crippen molar-refractivity contribution >= 4 is 11.8 Å². The van der Waals surface area contributed by atoms with E-state index in [9.17, 15) is 9.90 Å². The average Bonchev–Trinajstić information content (AvgIpc) is 2.37. The second kappa shape index (κ2) is 6.40. The number of terminal acetylenes is 1. The van der Waals surface area contributed by atoms with Crippen LogP contribution in [0.5, 0.6) is 11.5 Å². The van der Waals surface area contributed by atoms with Crippen molar-refractivity contribution in [3.63, 3.8) is 0 Å². The van der Waals surface area contributed by atoms with Gasteiger partial charge in [0.25, 0.3) is 0 Å². The summed E-state index contributed by atoms with van der Waals surface area (Å²) in [6.07, 6.45) is 4.74. The van der Waals surface area contributed by atoms with Gasteiger partial charge < -0.3 is 14.6 Å². The summed E-state index contributed by atoms with van der Waals surface area (Å²) in [4.78, 5) is 11.8. The van der Waals surface area contributed by atoms with E-state index < -0.39 is 11.7 Å². The number of hydrogen-bond donors (Lipinski definition) is 2. The number of anilines is 1. The summed E-state index contributed by atoms with van der Waals surface area (Å²) in [7, 11) is 1.43. The topological polar surface area (TPSA) is 67.8 Å². The van der Waals surface area contributed by atoms with Crippen molar-refractivity contribution < 1.29 is 19.4 Å². The maximum Gasteiger partial charge on any atom is 0.412 e. The first-order chi connectivity index (χ1) is 9.67. The van der Waals surface area contributed by atoms with E-state index in [1.807, 2.05) is 6.92 Å². The van der Waals surface area contributed by atoms with Crippen LogP contribution in [0.1, 0.15) is 39.2 Å². The van der Waals surface area contributed by atoms with Crippen LogP contribution in [0.2, 0.25) is 0 Å². The Balaban J connectivity index is 3.11. The van der Waals surface area contributed by atoms with Crippen molar-refractivity contribution in [1.82, 2.24) is 0 Å². The summed E-state index contributed by atoms with van der Waals surface area (Å²) in [5, 5.41) is 12.6. The number of ether oxygens (including phenoxy) is 2. The lowest BCUT2D eigenvalue weighted by atomic mass is 10.0. The number of rotatable bonds is 3. The lowest BCUT2D eigenvalue weighted by Crippen LogP contribution is -2.27. The Hall–Kier alpha value is -2.35. The molecule has 0 saturated heterocycles. The zero-order valence-corrected chi connectivity index (χ0v) is 13.0. The van der Waals surface area contributed by atoms with Gasteiger partial charge in [-0.2, -0.15) is 0 Å².